The van der Waals surface area contributed by atoms with Gasteiger partial charge in [-0.1, -0.05) is 0 Å². The molecule has 1 N–H and O–H groups in total. The van der Waals surface area contributed by atoms with Crippen LogP contribution in [0.5, 0.6) is 0 Å². The molecule has 0 atom stereocenters. The van der Waals surface area contributed by atoms with E-state index < -0.39 is 0 Å². The summed E-state index contributed by atoms with van der Waals surface area (Å²) in [6, 6.07) is 1.81. The zero-order chi connectivity index (χ0) is 10.2. The van der Waals surface area contributed by atoms with Gasteiger partial charge in [0, 0.05) is 26.2 Å². The first-order valence-electron chi connectivity index (χ1n) is 4.76. The Labute approximate surface area is 83.6 Å². The minimum atomic E-state index is -0.194. The minimum Gasteiger partial charge on any atom is -0.379 e. The highest BCUT2D eigenvalue weighted by Gasteiger charge is 2.09. The highest BCUT2D eigenvalue weighted by molar-refractivity contribution is 5.77. The molecule has 1 fully saturated rings. The second kappa shape index (κ2) is 6.35. The maximum absolute atomic E-state index is 10.9. The van der Waals surface area contributed by atoms with Crippen LogP contribution < -0.4 is 5.32 Å². The molecule has 0 spiro atoms. The van der Waals surface area contributed by atoms with Crippen LogP contribution in [-0.2, 0) is 9.53 Å². The quantitative estimate of drug-likeness (QED) is 0.650. The smallest absolute Gasteiger partial charge is 0.234 e. The zero-order valence-corrected chi connectivity index (χ0v) is 8.16. The van der Waals surface area contributed by atoms with Gasteiger partial charge in [0.1, 0.15) is 6.42 Å². The SMILES string of the molecule is N#CCC(=O)NCCN1CCOCC1. The summed E-state index contributed by atoms with van der Waals surface area (Å²) in [5, 5.41) is 10.9. The predicted molar refractivity (Wildman–Crippen MR) is 50.5 cm³/mol. The largest absolute Gasteiger partial charge is 0.379 e. The van der Waals surface area contributed by atoms with E-state index in [0.717, 1.165) is 32.8 Å². The van der Waals surface area contributed by atoms with E-state index in [1.807, 2.05) is 6.07 Å². The van der Waals surface area contributed by atoms with Gasteiger partial charge in [0.2, 0.25) is 5.91 Å². The van der Waals surface area contributed by atoms with E-state index in [1.54, 1.807) is 0 Å². The maximum Gasteiger partial charge on any atom is 0.234 e. The van der Waals surface area contributed by atoms with E-state index in [1.165, 1.54) is 0 Å². The number of nitrogens with one attached hydrogen (secondary N) is 1. The molecular formula is C9H15N3O2. The molecule has 1 rings (SSSR count). The van der Waals surface area contributed by atoms with E-state index in [4.69, 9.17) is 10.00 Å². The van der Waals surface area contributed by atoms with Crippen molar-refractivity contribution in [2.75, 3.05) is 39.4 Å². The van der Waals surface area contributed by atoms with Crippen molar-refractivity contribution in [3.05, 3.63) is 0 Å². The van der Waals surface area contributed by atoms with Crippen LogP contribution in [0.1, 0.15) is 6.42 Å². The molecule has 0 aliphatic carbocycles. The molecule has 1 aliphatic rings. The molecule has 0 unspecified atom stereocenters. The maximum atomic E-state index is 10.9. The number of carbonyl (C=O) groups is 1. The van der Waals surface area contributed by atoms with Crippen molar-refractivity contribution in [1.82, 2.24) is 10.2 Å². The van der Waals surface area contributed by atoms with Gasteiger partial charge in [0.25, 0.3) is 0 Å². The van der Waals surface area contributed by atoms with Crippen molar-refractivity contribution in [2.45, 2.75) is 6.42 Å². The van der Waals surface area contributed by atoms with Gasteiger partial charge in [-0.3, -0.25) is 9.69 Å². The first-order chi connectivity index (χ1) is 6.83. The van der Waals surface area contributed by atoms with E-state index in [9.17, 15) is 4.79 Å². The van der Waals surface area contributed by atoms with Crippen LogP contribution in [0.25, 0.3) is 0 Å². The summed E-state index contributed by atoms with van der Waals surface area (Å²) >= 11 is 0. The second-order valence-corrected chi connectivity index (χ2v) is 3.14. The number of rotatable bonds is 4. The third kappa shape index (κ3) is 4.21. The Hall–Kier alpha value is -1.12. The average Bonchev–Trinajstić information content (AvgIpc) is 2.20. The third-order valence-electron chi connectivity index (χ3n) is 2.09. The van der Waals surface area contributed by atoms with Gasteiger partial charge in [-0.05, 0) is 0 Å². The summed E-state index contributed by atoms with van der Waals surface area (Å²) < 4.78 is 5.19. The topological polar surface area (TPSA) is 65.4 Å². The van der Waals surface area contributed by atoms with Crippen LogP contribution in [0.4, 0.5) is 0 Å². The van der Waals surface area contributed by atoms with Gasteiger partial charge < -0.3 is 10.1 Å². The summed E-state index contributed by atoms with van der Waals surface area (Å²) in [6.07, 6.45) is -0.0525. The van der Waals surface area contributed by atoms with Gasteiger partial charge in [0.15, 0.2) is 0 Å². The van der Waals surface area contributed by atoms with Crippen molar-refractivity contribution in [3.8, 4) is 6.07 Å². The Balaban J connectivity index is 2.03. The number of nitriles is 1. The number of nitrogens with zero attached hydrogens (tertiary/aromatic N) is 2. The Kier molecular flexibility index (Phi) is 4.97. The van der Waals surface area contributed by atoms with E-state index in [0.29, 0.717) is 6.54 Å². The summed E-state index contributed by atoms with van der Waals surface area (Å²) in [7, 11) is 0. The Morgan fingerprint density at radius 2 is 2.21 bits per heavy atom. The Morgan fingerprint density at radius 1 is 1.50 bits per heavy atom. The molecule has 0 aromatic rings. The highest BCUT2D eigenvalue weighted by atomic mass is 16.5. The van der Waals surface area contributed by atoms with Crippen LogP contribution >= 0.6 is 0 Å². The van der Waals surface area contributed by atoms with Crippen molar-refractivity contribution in [3.63, 3.8) is 0 Å². The van der Waals surface area contributed by atoms with Gasteiger partial charge in [0.05, 0.1) is 19.3 Å². The number of hydrogen-bond acceptors (Lipinski definition) is 4. The average molecular weight is 197 g/mol. The number of morpholine rings is 1. The summed E-state index contributed by atoms with van der Waals surface area (Å²) in [6.45, 7) is 4.83. The molecule has 5 heteroatoms. The minimum absolute atomic E-state index is 0.0525. The number of amides is 1. The fourth-order valence-corrected chi connectivity index (χ4v) is 1.31. The van der Waals surface area contributed by atoms with Crippen molar-refractivity contribution >= 4 is 5.91 Å². The lowest BCUT2D eigenvalue weighted by Gasteiger charge is -2.26. The molecular weight excluding hydrogens is 182 g/mol. The molecule has 5 nitrogen and oxygen atoms in total. The van der Waals surface area contributed by atoms with Crippen molar-refractivity contribution < 1.29 is 9.53 Å². The van der Waals surface area contributed by atoms with Gasteiger partial charge in [-0.2, -0.15) is 5.26 Å². The molecule has 0 saturated carbocycles. The zero-order valence-electron chi connectivity index (χ0n) is 8.16. The molecule has 1 aliphatic heterocycles. The van der Waals surface area contributed by atoms with E-state index >= 15 is 0 Å². The van der Waals surface area contributed by atoms with Gasteiger partial charge in [-0.25, -0.2) is 0 Å². The van der Waals surface area contributed by atoms with Gasteiger partial charge >= 0.3 is 0 Å². The lowest BCUT2D eigenvalue weighted by molar-refractivity contribution is -0.120. The van der Waals surface area contributed by atoms with Crippen LogP contribution in [-0.4, -0.2) is 50.2 Å². The lowest BCUT2D eigenvalue weighted by atomic mass is 10.4. The lowest BCUT2D eigenvalue weighted by Crippen LogP contribution is -2.41. The third-order valence-corrected chi connectivity index (χ3v) is 2.09. The summed E-state index contributed by atoms with van der Waals surface area (Å²) in [4.78, 5) is 13.1. The molecule has 14 heavy (non-hydrogen) atoms. The Morgan fingerprint density at radius 3 is 2.86 bits per heavy atom. The van der Waals surface area contributed by atoms with Gasteiger partial charge in [-0.15, -0.1) is 0 Å². The fourth-order valence-electron chi connectivity index (χ4n) is 1.31. The first-order valence-corrected chi connectivity index (χ1v) is 4.76. The summed E-state index contributed by atoms with van der Waals surface area (Å²) in [5.41, 5.74) is 0. The molecule has 1 amide bonds. The number of hydrogen-bond donors (Lipinski definition) is 1. The highest BCUT2D eigenvalue weighted by Crippen LogP contribution is 1.94. The molecule has 1 heterocycles. The Bertz CT molecular complexity index is 219. The standard InChI is InChI=1S/C9H15N3O2/c10-2-1-9(13)11-3-4-12-5-7-14-8-6-12/h1,3-8H2,(H,11,13). The van der Waals surface area contributed by atoms with Crippen LogP contribution in [0.2, 0.25) is 0 Å². The predicted octanol–water partition coefficient (Wildman–Crippen LogP) is -0.652. The molecule has 0 aromatic heterocycles. The molecule has 78 valence electrons. The fraction of sp³-hybridized carbons (Fsp3) is 0.778. The van der Waals surface area contributed by atoms with E-state index in [2.05, 4.69) is 10.2 Å². The molecule has 1 saturated heterocycles. The van der Waals surface area contributed by atoms with Crippen molar-refractivity contribution in [1.29, 1.82) is 5.26 Å². The van der Waals surface area contributed by atoms with Crippen LogP contribution in [0.3, 0.4) is 0 Å². The number of carbonyl (C=O) groups excluding carboxylic acids is 1. The van der Waals surface area contributed by atoms with Crippen LogP contribution in [0.15, 0.2) is 0 Å². The van der Waals surface area contributed by atoms with Crippen molar-refractivity contribution in [2.24, 2.45) is 0 Å². The molecule has 0 radical (unpaired) electrons. The first kappa shape index (κ1) is 11.0. The van der Waals surface area contributed by atoms with E-state index in [-0.39, 0.29) is 12.3 Å². The van der Waals surface area contributed by atoms with Crippen LogP contribution in [0, 0.1) is 11.3 Å². The molecule has 0 bridgehead atoms. The monoisotopic (exact) mass is 197 g/mol. The number of ether oxygens (including phenoxy) is 1. The second-order valence-electron chi connectivity index (χ2n) is 3.14. The normalized spacial score (nSPS) is 17.4. The molecule has 0 aromatic carbocycles. The summed E-state index contributed by atoms with van der Waals surface area (Å²) in [5.74, 6) is -0.194.